The molecule has 0 aliphatic carbocycles. The van der Waals surface area contributed by atoms with Crippen molar-refractivity contribution in [2.24, 2.45) is 5.73 Å². The first kappa shape index (κ1) is 14.1. The summed E-state index contributed by atoms with van der Waals surface area (Å²) in [7, 11) is 0. The molecule has 1 atom stereocenters. The Morgan fingerprint density at radius 1 is 1.18 bits per heavy atom. The summed E-state index contributed by atoms with van der Waals surface area (Å²) >= 11 is 0. The van der Waals surface area contributed by atoms with Crippen molar-refractivity contribution in [3.8, 4) is 0 Å². The molecule has 0 saturated carbocycles. The molecule has 2 aromatic rings. The molecule has 3 rings (SSSR count). The fourth-order valence-corrected chi connectivity index (χ4v) is 2.82. The van der Waals surface area contributed by atoms with Crippen molar-refractivity contribution < 1.29 is 9.59 Å². The second-order valence-corrected chi connectivity index (χ2v) is 5.34. The smallest absolute Gasteiger partial charge is 0.255 e. The molecule has 0 bridgehead atoms. The van der Waals surface area contributed by atoms with E-state index in [1.807, 2.05) is 48.2 Å². The summed E-state index contributed by atoms with van der Waals surface area (Å²) in [5.41, 5.74) is 8.66. The maximum absolute atomic E-state index is 12.4. The lowest BCUT2D eigenvalue weighted by Gasteiger charge is -2.39. The maximum Gasteiger partial charge on any atom is 0.255 e. The normalized spacial score (nSPS) is 16.9. The number of anilines is 1. The van der Waals surface area contributed by atoms with Crippen LogP contribution in [0, 0.1) is 6.92 Å². The number of hydrogen-bond donors (Lipinski definition) is 2. The Bertz CT molecular complexity index is 742. The van der Waals surface area contributed by atoms with Crippen LogP contribution in [0.25, 0.3) is 0 Å². The Labute approximate surface area is 128 Å². The van der Waals surface area contributed by atoms with Crippen molar-refractivity contribution in [3.05, 3.63) is 65.2 Å². The highest BCUT2D eigenvalue weighted by atomic mass is 16.2. The van der Waals surface area contributed by atoms with Crippen LogP contribution in [0.15, 0.2) is 48.5 Å². The number of hydrogen-bond acceptors (Lipinski definition) is 3. The minimum atomic E-state index is -0.440. The molecule has 0 aromatic heterocycles. The third-order valence-electron chi connectivity index (χ3n) is 3.85. The van der Waals surface area contributed by atoms with Crippen LogP contribution in [0.2, 0.25) is 0 Å². The SMILES string of the molecule is Cc1ccccc1[C@@H]1NC(=O)c2ccccc2N1CC(N)=O. The zero-order valence-corrected chi connectivity index (χ0v) is 12.2. The van der Waals surface area contributed by atoms with Gasteiger partial charge in [-0.25, -0.2) is 0 Å². The molecule has 3 N–H and O–H groups in total. The molecule has 22 heavy (non-hydrogen) atoms. The number of para-hydroxylation sites is 1. The van der Waals surface area contributed by atoms with Crippen molar-refractivity contribution in [1.82, 2.24) is 5.32 Å². The minimum absolute atomic E-state index is 0.0380. The van der Waals surface area contributed by atoms with E-state index in [-0.39, 0.29) is 12.5 Å². The lowest BCUT2D eigenvalue weighted by molar-refractivity contribution is -0.116. The van der Waals surface area contributed by atoms with Crippen LogP contribution >= 0.6 is 0 Å². The Balaban J connectivity index is 2.12. The number of amides is 2. The highest BCUT2D eigenvalue weighted by Crippen LogP contribution is 2.33. The van der Waals surface area contributed by atoms with E-state index in [9.17, 15) is 9.59 Å². The second-order valence-electron chi connectivity index (χ2n) is 5.34. The Hall–Kier alpha value is -2.82. The number of primary amides is 1. The Morgan fingerprint density at radius 2 is 1.86 bits per heavy atom. The molecule has 1 aliphatic heterocycles. The van der Waals surface area contributed by atoms with Gasteiger partial charge in [-0.15, -0.1) is 0 Å². The number of carbonyl (C=O) groups is 2. The predicted octanol–water partition coefficient (Wildman–Crippen LogP) is 1.73. The molecule has 5 nitrogen and oxygen atoms in total. The molecule has 0 fully saturated rings. The summed E-state index contributed by atoms with van der Waals surface area (Å²) in [6.07, 6.45) is -0.406. The zero-order valence-electron chi connectivity index (χ0n) is 12.2. The van der Waals surface area contributed by atoms with Crippen molar-refractivity contribution >= 4 is 17.5 Å². The van der Waals surface area contributed by atoms with Gasteiger partial charge in [0.25, 0.3) is 5.91 Å². The number of rotatable bonds is 3. The molecular weight excluding hydrogens is 278 g/mol. The second kappa shape index (κ2) is 5.52. The van der Waals surface area contributed by atoms with Crippen LogP contribution in [-0.2, 0) is 4.79 Å². The number of carbonyl (C=O) groups excluding carboxylic acids is 2. The van der Waals surface area contributed by atoms with Crippen molar-refractivity contribution in [3.63, 3.8) is 0 Å². The quantitative estimate of drug-likeness (QED) is 0.905. The number of aryl methyl sites for hydroxylation is 1. The van der Waals surface area contributed by atoms with Gasteiger partial charge in [-0.05, 0) is 30.2 Å². The highest BCUT2D eigenvalue weighted by molar-refractivity contribution is 6.02. The summed E-state index contributed by atoms with van der Waals surface area (Å²) in [6, 6.07) is 15.0. The molecule has 2 amide bonds. The summed E-state index contributed by atoms with van der Waals surface area (Å²) in [6.45, 7) is 2.01. The summed E-state index contributed by atoms with van der Waals surface area (Å²) < 4.78 is 0. The van der Waals surface area contributed by atoms with Crippen LogP contribution in [0.3, 0.4) is 0 Å². The molecule has 0 radical (unpaired) electrons. The van der Waals surface area contributed by atoms with Gasteiger partial charge < -0.3 is 16.0 Å². The summed E-state index contributed by atoms with van der Waals surface area (Å²) in [5, 5.41) is 2.96. The van der Waals surface area contributed by atoms with Crippen LogP contribution in [0.4, 0.5) is 5.69 Å². The maximum atomic E-state index is 12.4. The highest BCUT2D eigenvalue weighted by Gasteiger charge is 2.32. The third kappa shape index (κ3) is 2.41. The minimum Gasteiger partial charge on any atom is -0.368 e. The monoisotopic (exact) mass is 295 g/mol. The van der Waals surface area contributed by atoms with Crippen molar-refractivity contribution in [2.45, 2.75) is 13.1 Å². The van der Waals surface area contributed by atoms with Crippen molar-refractivity contribution in [1.29, 1.82) is 0 Å². The molecule has 2 aromatic carbocycles. The number of nitrogens with two attached hydrogens (primary N) is 1. The van der Waals surface area contributed by atoms with Crippen LogP contribution in [-0.4, -0.2) is 18.4 Å². The average molecular weight is 295 g/mol. The van der Waals surface area contributed by atoms with E-state index in [1.54, 1.807) is 12.1 Å². The van der Waals surface area contributed by atoms with Gasteiger partial charge in [-0.3, -0.25) is 9.59 Å². The molecule has 0 saturated heterocycles. The summed E-state index contributed by atoms with van der Waals surface area (Å²) in [4.78, 5) is 25.7. The number of fused-ring (bicyclic) bond motifs is 1. The van der Waals surface area contributed by atoms with Crippen molar-refractivity contribution in [2.75, 3.05) is 11.4 Å². The fourth-order valence-electron chi connectivity index (χ4n) is 2.82. The molecule has 5 heteroatoms. The predicted molar refractivity (Wildman–Crippen MR) is 84.4 cm³/mol. The zero-order chi connectivity index (χ0) is 15.7. The molecular formula is C17H17N3O2. The van der Waals surface area contributed by atoms with Gasteiger partial charge in [0.2, 0.25) is 5.91 Å². The van der Waals surface area contributed by atoms with Crippen LogP contribution in [0.1, 0.15) is 27.7 Å². The average Bonchev–Trinajstić information content (AvgIpc) is 2.50. The number of nitrogens with zero attached hydrogens (tertiary/aromatic N) is 1. The standard InChI is InChI=1S/C17H17N3O2/c1-11-6-2-3-7-12(11)16-19-17(22)13-8-4-5-9-14(13)20(16)10-15(18)21/h2-9,16H,10H2,1H3,(H2,18,21)(H,19,22)/t16-/m1/s1. The van der Waals surface area contributed by atoms with E-state index < -0.39 is 12.1 Å². The van der Waals surface area contributed by atoms with E-state index in [4.69, 9.17) is 5.73 Å². The summed E-state index contributed by atoms with van der Waals surface area (Å²) in [5.74, 6) is -0.589. The molecule has 1 heterocycles. The lowest BCUT2D eigenvalue weighted by atomic mass is 10.00. The largest absolute Gasteiger partial charge is 0.368 e. The van der Waals surface area contributed by atoms with Crippen LogP contribution in [0.5, 0.6) is 0 Å². The van der Waals surface area contributed by atoms with Gasteiger partial charge in [-0.2, -0.15) is 0 Å². The number of benzene rings is 2. The van der Waals surface area contributed by atoms with E-state index in [2.05, 4.69) is 5.32 Å². The third-order valence-corrected chi connectivity index (χ3v) is 3.85. The Morgan fingerprint density at radius 3 is 2.59 bits per heavy atom. The lowest BCUT2D eigenvalue weighted by Crippen LogP contribution is -2.49. The molecule has 1 aliphatic rings. The topological polar surface area (TPSA) is 75.4 Å². The van der Waals surface area contributed by atoms with Gasteiger partial charge in [0.05, 0.1) is 17.8 Å². The van der Waals surface area contributed by atoms with E-state index in [0.717, 1.165) is 16.8 Å². The molecule has 0 unspecified atom stereocenters. The molecule has 0 spiro atoms. The van der Waals surface area contributed by atoms with E-state index >= 15 is 0 Å². The van der Waals surface area contributed by atoms with E-state index in [1.165, 1.54) is 0 Å². The van der Waals surface area contributed by atoms with Gasteiger partial charge in [0.1, 0.15) is 6.17 Å². The first-order chi connectivity index (χ1) is 10.6. The van der Waals surface area contributed by atoms with Crippen LogP contribution < -0.4 is 16.0 Å². The van der Waals surface area contributed by atoms with Gasteiger partial charge >= 0.3 is 0 Å². The molecule has 112 valence electrons. The first-order valence-corrected chi connectivity index (χ1v) is 7.08. The first-order valence-electron chi connectivity index (χ1n) is 7.08. The Kier molecular flexibility index (Phi) is 3.55. The van der Waals surface area contributed by atoms with E-state index in [0.29, 0.717) is 5.56 Å². The van der Waals surface area contributed by atoms with Gasteiger partial charge in [0, 0.05) is 0 Å². The van der Waals surface area contributed by atoms with Gasteiger partial charge in [0.15, 0.2) is 0 Å². The van der Waals surface area contributed by atoms with Gasteiger partial charge in [-0.1, -0.05) is 36.4 Å². The number of nitrogens with one attached hydrogen (secondary N) is 1. The fraction of sp³-hybridized carbons (Fsp3) is 0.176.